The number of phenolic OH excluding ortho intramolecular Hbond substituents is 2. The molecule has 1 heterocycles. The summed E-state index contributed by atoms with van der Waals surface area (Å²) in [7, 11) is 0. The number of nitro benzene ring substituents is 1. The largest absolute Gasteiger partial charge is 0.504 e. The standard InChI is InChI=1S/C19H18F3N3O5.ClH/c20-19(21,22)13-2-1-3-14(10-13)24-6-4-23(5-7-24)11-17(27)12-8-15(25(29)30)18(28)16(26)9-12;/h1-3,8-10,26,28H,4-7,11H2;1H. The molecule has 31 heavy (non-hydrogen) atoms. The molecule has 168 valence electrons. The number of benzene rings is 2. The van der Waals surface area contributed by atoms with Crippen LogP contribution >= 0.6 is 12.4 Å². The van der Waals surface area contributed by atoms with Gasteiger partial charge in [0.2, 0.25) is 5.75 Å². The summed E-state index contributed by atoms with van der Waals surface area (Å²) in [6.45, 7) is 1.51. The average Bonchev–Trinajstić information content (AvgIpc) is 2.69. The third kappa shape index (κ3) is 5.56. The molecule has 0 bridgehead atoms. The molecule has 3 rings (SSSR count). The van der Waals surface area contributed by atoms with Crippen LogP contribution in [0, 0.1) is 10.1 Å². The van der Waals surface area contributed by atoms with Crippen molar-refractivity contribution in [3.8, 4) is 11.5 Å². The van der Waals surface area contributed by atoms with E-state index in [0.29, 0.717) is 31.9 Å². The van der Waals surface area contributed by atoms with Crippen molar-refractivity contribution in [1.82, 2.24) is 4.90 Å². The van der Waals surface area contributed by atoms with Gasteiger partial charge < -0.3 is 15.1 Å². The number of phenols is 2. The Morgan fingerprint density at radius 1 is 1.10 bits per heavy atom. The second kappa shape index (κ2) is 9.40. The Balaban J connectivity index is 0.00000341. The van der Waals surface area contributed by atoms with Crippen molar-refractivity contribution in [3.05, 3.63) is 57.6 Å². The number of hydrogen-bond acceptors (Lipinski definition) is 7. The molecule has 0 unspecified atom stereocenters. The lowest BCUT2D eigenvalue weighted by molar-refractivity contribution is -0.386. The first-order valence-electron chi connectivity index (χ1n) is 8.94. The van der Waals surface area contributed by atoms with Crippen LogP contribution in [0.5, 0.6) is 11.5 Å². The third-order valence-corrected chi connectivity index (χ3v) is 4.87. The van der Waals surface area contributed by atoms with Crippen LogP contribution in [0.25, 0.3) is 0 Å². The highest BCUT2D eigenvalue weighted by atomic mass is 35.5. The average molecular weight is 462 g/mol. The second-order valence-electron chi connectivity index (χ2n) is 6.85. The first kappa shape index (κ1) is 24.2. The van der Waals surface area contributed by atoms with E-state index >= 15 is 0 Å². The molecule has 2 aromatic carbocycles. The lowest BCUT2D eigenvalue weighted by Crippen LogP contribution is -2.48. The minimum atomic E-state index is -4.43. The van der Waals surface area contributed by atoms with Gasteiger partial charge in [0, 0.05) is 43.5 Å². The number of alkyl halides is 3. The van der Waals surface area contributed by atoms with E-state index in [0.717, 1.165) is 24.3 Å². The Hall–Kier alpha value is -3.05. The smallest absolute Gasteiger partial charge is 0.416 e. The zero-order valence-electron chi connectivity index (χ0n) is 16.0. The molecule has 0 aliphatic carbocycles. The molecule has 0 aromatic heterocycles. The summed E-state index contributed by atoms with van der Waals surface area (Å²) in [6.07, 6.45) is -4.43. The first-order valence-corrected chi connectivity index (χ1v) is 8.94. The lowest BCUT2D eigenvalue weighted by atomic mass is 10.1. The zero-order chi connectivity index (χ0) is 22.1. The molecule has 2 N–H and O–H groups in total. The minimum Gasteiger partial charge on any atom is -0.504 e. The number of halogens is 4. The predicted octanol–water partition coefficient (Wildman–Crippen LogP) is 3.45. The van der Waals surface area contributed by atoms with E-state index in [2.05, 4.69) is 0 Å². The molecule has 1 saturated heterocycles. The molecule has 1 fully saturated rings. The van der Waals surface area contributed by atoms with Gasteiger partial charge >= 0.3 is 11.9 Å². The van der Waals surface area contributed by atoms with Crippen molar-refractivity contribution in [3.63, 3.8) is 0 Å². The van der Waals surface area contributed by atoms with E-state index in [1.807, 2.05) is 0 Å². The lowest BCUT2D eigenvalue weighted by Gasteiger charge is -2.36. The van der Waals surface area contributed by atoms with Crippen LogP contribution in [0.15, 0.2) is 36.4 Å². The maximum absolute atomic E-state index is 12.9. The van der Waals surface area contributed by atoms with Gasteiger partial charge in [-0.15, -0.1) is 12.4 Å². The highest BCUT2D eigenvalue weighted by Crippen LogP contribution is 2.36. The zero-order valence-corrected chi connectivity index (χ0v) is 16.8. The summed E-state index contributed by atoms with van der Waals surface area (Å²) in [5.41, 5.74) is -1.17. The van der Waals surface area contributed by atoms with Gasteiger partial charge in [0.15, 0.2) is 11.5 Å². The molecule has 1 aliphatic heterocycles. The topological polar surface area (TPSA) is 107 Å². The van der Waals surface area contributed by atoms with Crippen molar-refractivity contribution in [1.29, 1.82) is 0 Å². The number of anilines is 1. The fourth-order valence-corrected chi connectivity index (χ4v) is 3.24. The summed E-state index contributed by atoms with van der Waals surface area (Å²) < 4.78 is 38.7. The minimum absolute atomic E-state index is 0. The fourth-order valence-electron chi connectivity index (χ4n) is 3.24. The molecule has 1 aliphatic rings. The van der Waals surface area contributed by atoms with E-state index in [4.69, 9.17) is 0 Å². The number of nitro groups is 1. The summed E-state index contributed by atoms with van der Waals surface area (Å²) in [6, 6.07) is 6.89. The predicted molar refractivity (Wildman–Crippen MR) is 108 cm³/mol. The van der Waals surface area contributed by atoms with Crippen LogP contribution in [0.1, 0.15) is 15.9 Å². The van der Waals surface area contributed by atoms with E-state index in [1.54, 1.807) is 15.9 Å². The Labute approximate surface area is 181 Å². The van der Waals surface area contributed by atoms with Crippen LogP contribution in [0.4, 0.5) is 24.5 Å². The summed E-state index contributed by atoms with van der Waals surface area (Å²) in [5.74, 6) is -2.16. The van der Waals surface area contributed by atoms with Crippen molar-refractivity contribution in [2.24, 2.45) is 0 Å². The quantitative estimate of drug-likeness (QED) is 0.304. The molecular weight excluding hydrogens is 443 g/mol. The van der Waals surface area contributed by atoms with Gasteiger partial charge in [-0.3, -0.25) is 19.8 Å². The second-order valence-corrected chi connectivity index (χ2v) is 6.85. The van der Waals surface area contributed by atoms with E-state index < -0.39 is 39.6 Å². The van der Waals surface area contributed by atoms with Gasteiger partial charge in [0.25, 0.3) is 0 Å². The molecule has 8 nitrogen and oxygen atoms in total. The molecule has 0 atom stereocenters. The first-order chi connectivity index (χ1) is 14.1. The van der Waals surface area contributed by atoms with Gasteiger partial charge in [-0.1, -0.05) is 6.07 Å². The summed E-state index contributed by atoms with van der Waals surface area (Å²) >= 11 is 0. The van der Waals surface area contributed by atoms with Crippen LogP contribution in [0.2, 0.25) is 0 Å². The van der Waals surface area contributed by atoms with E-state index in [-0.39, 0.29) is 24.5 Å². The van der Waals surface area contributed by atoms with Gasteiger partial charge in [-0.25, -0.2) is 0 Å². The highest BCUT2D eigenvalue weighted by molar-refractivity contribution is 5.99. The monoisotopic (exact) mass is 461 g/mol. The van der Waals surface area contributed by atoms with Crippen molar-refractivity contribution < 1.29 is 33.1 Å². The summed E-state index contributed by atoms with van der Waals surface area (Å²) in [5, 5.41) is 30.1. The third-order valence-electron chi connectivity index (χ3n) is 4.87. The van der Waals surface area contributed by atoms with Crippen LogP contribution in [-0.4, -0.2) is 58.5 Å². The molecule has 0 spiro atoms. The van der Waals surface area contributed by atoms with Crippen molar-refractivity contribution in [2.45, 2.75) is 6.18 Å². The molecule has 0 saturated carbocycles. The SMILES string of the molecule is Cl.O=C(CN1CCN(c2cccc(C(F)(F)F)c2)CC1)c1cc(O)c(O)c([N+](=O)[O-])c1. The van der Waals surface area contributed by atoms with Crippen LogP contribution in [0.3, 0.4) is 0 Å². The highest BCUT2D eigenvalue weighted by Gasteiger charge is 2.31. The number of piperazine rings is 1. The maximum Gasteiger partial charge on any atom is 0.416 e. The van der Waals surface area contributed by atoms with E-state index in [9.17, 15) is 38.3 Å². The van der Waals surface area contributed by atoms with Gasteiger partial charge in [0.05, 0.1) is 17.0 Å². The number of rotatable bonds is 5. The number of nitrogens with zero attached hydrogens (tertiary/aromatic N) is 3. The van der Waals surface area contributed by atoms with Crippen molar-refractivity contribution >= 4 is 29.6 Å². The number of carbonyl (C=O) groups is 1. The Kier molecular flexibility index (Phi) is 7.34. The Bertz CT molecular complexity index is 979. The Morgan fingerprint density at radius 2 is 1.74 bits per heavy atom. The molecular formula is C19H19ClF3N3O5. The van der Waals surface area contributed by atoms with Crippen LogP contribution < -0.4 is 4.90 Å². The van der Waals surface area contributed by atoms with Crippen LogP contribution in [-0.2, 0) is 6.18 Å². The number of aromatic hydroxyl groups is 2. The molecule has 2 aromatic rings. The molecule has 0 amide bonds. The van der Waals surface area contributed by atoms with Gasteiger partial charge in [-0.2, -0.15) is 13.2 Å². The number of Topliss-reactive ketones (excluding diaryl/α,β-unsaturated/α-hetero) is 1. The normalized spacial score (nSPS) is 14.7. The van der Waals surface area contributed by atoms with Gasteiger partial charge in [-0.05, 0) is 24.3 Å². The molecule has 0 radical (unpaired) electrons. The number of ketones is 1. The van der Waals surface area contributed by atoms with E-state index in [1.165, 1.54) is 6.07 Å². The Morgan fingerprint density at radius 3 is 2.32 bits per heavy atom. The maximum atomic E-state index is 12.9. The number of hydrogen-bond donors (Lipinski definition) is 2. The summed E-state index contributed by atoms with van der Waals surface area (Å²) in [4.78, 5) is 26.0. The molecule has 12 heteroatoms. The fraction of sp³-hybridized carbons (Fsp3) is 0.316. The number of carbonyl (C=O) groups excluding carboxylic acids is 1. The van der Waals surface area contributed by atoms with Crippen molar-refractivity contribution in [2.75, 3.05) is 37.6 Å². The van der Waals surface area contributed by atoms with Gasteiger partial charge in [0.1, 0.15) is 0 Å².